The van der Waals surface area contributed by atoms with E-state index in [-0.39, 0.29) is 5.91 Å². The molecule has 2 rings (SSSR count). The molecule has 1 aliphatic heterocycles. The Bertz CT molecular complexity index is 566. The molecular weight excluding hydrogens is 304 g/mol. The first-order valence-electron chi connectivity index (χ1n) is 8.43. The fraction of sp³-hybridized carbons (Fsp3) is 0.588. The van der Waals surface area contributed by atoms with Crippen molar-refractivity contribution in [3.8, 4) is 0 Å². The smallest absolute Gasteiger partial charge is 0.233 e. The van der Waals surface area contributed by atoms with Crippen LogP contribution in [0.3, 0.4) is 0 Å². The minimum absolute atomic E-state index is 0.0737. The molecule has 0 atom stereocenters. The van der Waals surface area contributed by atoms with Crippen LogP contribution in [0, 0.1) is 6.92 Å². The number of piperidine rings is 1. The van der Waals surface area contributed by atoms with Crippen molar-refractivity contribution in [2.75, 3.05) is 33.7 Å². The van der Waals surface area contributed by atoms with Gasteiger partial charge in [-0.05, 0) is 31.4 Å². The number of aliphatic imine (C=N–C) groups is 1. The summed E-state index contributed by atoms with van der Waals surface area (Å²) in [6.45, 7) is 5.03. The van der Waals surface area contributed by atoms with Crippen molar-refractivity contribution in [3.05, 3.63) is 29.6 Å². The number of aryl methyl sites for hydroxylation is 1. The van der Waals surface area contributed by atoms with Crippen molar-refractivity contribution in [2.45, 2.75) is 32.4 Å². The van der Waals surface area contributed by atoms with Crippen molar-refractivity contribution >= 4 is 11.9 Å². The highest BCUT2D eigenvalue weighted by Gasteiger charge is 2.21. The van der Waals surface area contributed by atoms with Gasteiger partial charge in [0.05, 0.1) is 18.8 Å². The SMILES string of the molecule is CN=C(NCc1ncccc1C)NC1CCN(CC(=O)NC)CC1. The average Bonchev–Trinajstić information content (AvgIpc) is 2.61. The zero-order valence-electron chi connectivity index (χ0n) is 14.8. The summed E-state index contributed by atoms with van der Waals surface area (Å²) >= 11 is 0. The minimum Gasteiger partial charge on any atom is -0.358 e. The van der Waals surface area contributed by atoms with E-state index in [1.165, 1.54) is 5.56 Å². The highest BCUT2D eigenvalue weighted by Crippen LogP contribution is 2.10. The lowest BCUT2D eigenvalue weighted by molar-refractivity contribution is -0.122. The molecule has 132 valence electrons. The van der Waals surface area contributed by atoms with Crippen molar-refractivity contribution in [2.24, 2.45) is 4.99 Å². The normalized spacial score (nSPS) is 16.7. The summed E-state index contributed by atoms with van der Waals surface area (Å²) in [6, 6.07) is 4.38. The fourth-order valence-corrected chi connectivity index (χ4v) is 2.78. The Labute approximate surface area is 143 Å². The number of likely N-dealkylation sites (tertiary alicyclic amines) is 1. The lowest BCUT2D eigenvalue weighted by Gasteiger charge is -2.32. The number of carbonyl (C=O) groups excluding carboxylic acids is 1. The van der Waals surface area contributed by atoms with Gasteiger partial charge in [-0.25, -0.2) is 0 Å². The Kier molecular flexibility index (Phi) is 6.99. The minimum atomic E-state index is 0.0737. The molecule has 2 heterocycles. The van der Waals surface area contributed by atoms with Gasteiger partial charge >= 0.3 is 0 Å². The van der Waals surface area contributed by atoms with Gasteiger partial charge in [-0.1, -0.05) is 6.07 Å². The molecule has 0 aliphatic carbocycles. The molecule has 0 unspecified atom stereocenters. The Hall–Kier alpha value is -2.15. The van der Waals surface area contributed by atoms with E-state index in [4.69, 9.17) is 0 Å². The van der Waals surface area contributed by atoms with Gasteiger partial charge in [0.15, 0.2) is 5.96 Å². The van der Waals surface area contributed by atoms with Crippen LogP contribution < -0.4 is 16.0 Å². The number of aromatic nitrogens is 1. The van der Waals surface area contributed by atoms with Crippen molar-refractivity contribution in [1.29, 1.82) is 0 Å². The van der Waals surface area contributed by atoms with Crippen LogP contribution in [0.15, 0.2) is 23.3 Å². The number of likely N-dealkylation sites (N-methyl/N-ethyl adjacent to an activating group) is 1. The van der Waals surface area contributed by atoms with Crippen LogP contribution in [0.2, 0.25) is 0 Å². The van der Waals surface area contributed by atoms with Crippen molar-refractivity contribution in [3.63, 3.8) is 0 Å². The number of hydrogen-bond donors (Lipinski definition) is 3. The molecule has 1 aromatic rings. The summed E-state index contributed by atoms with van der Waals surface area (Å²) in [4.78, 5) is 22.3. The Morgan fingerprint density at radius 1 is 1.42 bits per heavy atom. The molecular formula is C17H28N6O. The van der Waals surface area contributed by atoms with E-state index in [1.807, 2.05) is 12.3 Å². The molecule has 1 aliphatic rings. The average molecular weight is 332 g/mol. The molecule has 1 saturated heterocycles. The Morgan fingerprint density at radius 2 is 2.17 bits per heavy atom. The van der Waals surface area contributed by atoms with Crippen molar-refractivity contribution < 1.29 is 4.79 Å². The van der Waals surface area contributed by atoms with E-state index < -0.39 is 0 Å². The van der Waals surface area contributed by atoms with Crippen LogP contribution >= 0.6 is 0 Å². The summed E-state index contributed by atoms with van der Waals surface area (Å²) in [5, 5.41) is 9.46. The lowest BCUT2D eigenvalue weighted by atomic mass is 10.1. The van der Waals surface area contributed by atoms with Crippen LogP contribution in [-0.4, -0.2) is 61.5 Å². The highest BCUT2D eigenvalue weighted by molar-refractivity contribution is 5.80. The third kappa shape index (κ3) is 5.49. The number of nitrogens with zero attached hydrogens (tertiary/aromatic N) is 3. The van der Waals surface area contributed by atoms with Gasteiger partial charge in [-0.15, -0.1) is 0 Å². The van der Waals surface area contributed by atoms with Gasteiger partial charge in [-0.3, -0.25) is 19.7 Å². The zero-order chi connectivity index (χ0) is 17.4. The molecule has 0 saturated carbocycles. The second-order valence-electron chi connectivity index (χ2n) is 6.06. The fourth-order valence-electron chi connectivity index (χ4n) is 2.78. The highest BCUT2D eigenvalue weighted by atomic mass is 16.1. The summed E-state index contributed by atoms with van der Waals surface area (Å²) in [6.07, 6.45) is 3.81. The summed E-state index contributed by atoms with van der Waals surface area (Å²) in [7, 11) is 3.46. The monoisotopic (exact) mass is 332 g/mol. The van der Waals surface area contributed by atoms with Crippen LogP contribution in [0.5, 0.6) is 0 Å². The van der Waals surface area contributed by atoms with Crippen molar-refractivity contribution in [1.82, 2.24) is 25.8 Å². The van der Waals surface area contributed by atoms with E-state index >= 15 is 0 Å². The number of amides is 1. The molecule has 0 aromatic carbocycles. The predicted molar refractivity (Wildman–Crippen MR) is 95.8 cm³/mol. The maximum atomic E-state index is 11.4. The lowest BCUT2D eigenvalue weighted by Crippen LogP contribution is -2.49. The van der Waals surface area contributed by atoms with Crippen LogP contribution in [0.25, 0.3) is 0 Å². The van der Waals surface area contributed by atoms with Gasteiger partial charge in [0, 0.05) is 39.4 Å². The third-order valence-electron chi connectivity index (χ3n) is 4.34. The zero-order valence-corrected chi connectivity index (χ0v) is 14.8. The standard InChI is InChI=1S/C17H28N6O/c1-13-5-4-8-20-15(13)11-21-17(19-3)22-14-6-9-23(10-7-14)12-16(24)18-2/h4-5,8,14H,6-7,9-12H2,1-3H3,(H,18,24)(H2,19,21,22). The molecule has 0 spiro atoms. The molecule has 3 N–H and O–H groups in total. The first-order chi connectivity index (χ1) is 11.6. The summed E-state index contributed by atoms with van der Waals surface area (Å²) in [5.41, 5.74) is 2.20. The van der Waals surface area contributed by atoms with Gasteiger partial charge in [-0.2, -0.15) is 0 Å². The van der Waals surface area contributed by atoms with Gasteiger partial charge in [0.1, 0.15) is 0 Å². The van der Waals surface area contributed by atoms with Gasteiger partial charge in [0.2, 0.25) is 5.91 Å². The maximum absolute atomic E-state index is 11.4. The number of rotatable bonds is 5. The number of hydrogen-bond acceptors (Lipinski definition) is 4. The molecule has 1 fully saturated rings. The molecule has 24 heavy (non-hydrogen) atoms. The topological polar surface area (TPSA) is 81.7 Å². The van der Waals surface area contributed by atoms with Gasteiger partial charge in [0.25, 0.3) is 0 Å². The first kappa shape index (κ1) is 18.2. The predicted octanol–water partition coefficient (Wildman–Crippen LogP) is 0.265. The number of guanidine groups is 1. The Balaban J connectivity index is 1.76. The van der Waals surface area contributed by atoms with Gasteiger partial charge < -0.3 is 16.0 Å². The molecule has 0 radical (unpaired) electrons. The van der Waals surface area contributed by atoms with E-state index in [1.54, 1.807) is 14.1 Å². The molecule has 7 nitrogen and oxygen atoms in total. The number of nitrogens with one attached hydrogen (secondary N) is 3. The molecule has 0 bridgehead atoms. The third-order valence-corrected chi connectivity index (χ3v) is 4.34. The largest absolute Gasteiger partial charge is 0.358 e. The second kappa shape index (κ2) is 9.22. The van der Waals surface area contributed by atoms with E-state index in [9.17, 15) is 4.79 Å². The first-order valence-corrected chi connectivity index (χ1v) is 8.43. The van der Waals surface area contributed by atoms with E-state index in [2.05, 4.69) is 43.8 Å². The van der Waals surface area contributed by atoms with E-state index in [0.29, 0.717) is 19.1 Å². The molecule has 1 amide bonds. The molecule has 7 heteroatoms. The maximum Gasteiger partial charge on any atom is 0.233 e. The number of carbonyl (C=O) groups is 1. The summed E-state index contributed by atoms with van der Waals surface area (Å²) in [5.74, 6) is 0.870. The second-order valence-corrected chi connectivity index (χ2v) is 6.06. The quantitative estimate of drug-likeness (QED) is 0.532. The van der Waals surface area contributed by atoms with Crippen LogP contribution in [0.1, 0.15) is 24.1 Å². The summed E-state index contributed by atoms with van der Waals surface area (Å²) < 4.78 is 0. The van der Waals surface area contributed by atoms with E-state index in [0.717, 1.165) is 37.6 Å². The Morgan fingerprint density at radius 3 is 2.79 bits per heavy atom. The molecule has 1 aromatic heterocycles. The van der Waals surface area contributed by atoms with Crippen LogP contribution in [0.4, 0.5) is 0 Å². The van der Waals surface area contributed by atoms with Crippen LogP contribution in [-0.2, 0) is 11.3 Å². The number of pyridine rings is 1.